The van der Waals surface area contributed by atoms with E-state index in [-0.39, 0.29) is 12.3 Å². The van der Waals surface area contributed by atoms with E-state index < -0.39 is 17.8 Å². The number of methoxy groups -OCH3 is 1. The number of thioether (sulfide) groups is 1. The van der Waals surface area contributed by atoms with Gasteiger partial charge in [-0.25, -0.2) is 14.2 Å². The number of rotatable bonds is 7. The quantitative estimate of drug-likeness (QED) is 0.633. The summed E-state index contributed by atoms with van der Waals surface area (Å²) in [6, 6.07) is 5.52. The molecule has 1 amide bonds. The van der Waals surface area contributed by atoms with Gasteiger partial charge in [0.05, 0.1) is 30.8 Å². The highest BCUT2D eigenvalue weighted by Crippen LogP contribution is 2.44. The maximum absolute atomic E-state index is 14.1. The molecule has 3 heterocycles. The molecule has 1 saturated heterocycles. The molecule has 3 aliphatic heterocycles. The predicted molar refractivity (Wildman–Crippen MR) is 122 cm³/mol. The minimum Gasteiger partial charge on any atom is -0.466 e. The first kappa shape index (κ1) is 22.5. The molecule has 1 N–H and O–H groups in total. The number of likely N-dealkylation sites (tertiary alicyclic amines) is 1. The minimum atomic E-state index is -0.621. The average molecular weight is 459 g/mol. The lowest BCUT2D eigenvalue weighted by Gasteiger charge is -2.36. The van der Waals surface area contributed by atoms with Crippen LogP contribution in [-0.2, 0) is 14.3 Å². The van der Waals surface area contributed by atoms with Crippen LogP contribution in [0.1, 0.15) is 37.8 Å². The van der Waals surface area contributed by atoms with Crippen LogP contribution < -0.4 is 5.32 Å². The Kier molecular flexibility index (Phi) is 6.95. The molecule has 0 unspecified atom stereocenters. The smallest absolute Gasteiger partial charge is 0.338 e. The number of amides is 1. The van der Waals surface area contributed by atoms with Crippen LogP contribution in [0.25, 0.3) is 0 Å². The standard InChI is InChI=1S/C23H27FN4O3S/c1-15-20(22(30)31-2)21(16-6-5-7-17(24)12-16)28-18(14-32-23(28)26-15)13-19(29)25-8-11-27-9-3-4-10-27/h5-7,12,14,21H,3-4,8-11,13H2,1-2H3,(H,25,29)/t21-/m0/s1. The van der Waals surface area contributed by atoms with Crippen molar-refractivity contribution in [2.24, 2.45) is 4.99 Å². The predicted octanol–water partition coefficient (Wildman–Crippen LogP) is 3.18. The van der Waals surface area contributed by atoms with Crippen molar-refractivity contribution in [3.8, 4) is 0 Å². The fraction of sp³-hybridized carbons (Fsp3) is 0.435. The number of hydrogen-bond donors (Lipinski definition) is 1. The molecule has 0 spiro atoms. The van der Waals surface area contributed by atoms with Crippen molar-refractivity contribution in [1.29, 1.82) is 0 Å². The van der Waals surface area contributed by atoms with Gasteiger partial charge in [0.15, 0.2) is 5.17 Å². The van der Waals surface area contributed by atoms with Crippen LogP contribution in [0.4, 0.5) is 4.39 Å². The lowest BCUT2D eigenvalue weighted by atomic mass is 9.94. The van der Waals surface area contributed by atoms with Gasteiger partial charge in [-0.05, 0) is 56.0 Å². The minimum absolute atomic E-state index is 0.0961. The van der Waals surface area contributed by atoms with Crippen LogP contribution in [-0.4, -0.2) is 60.1 Å². The Morgan fingerprint density at radius 3 is 2.81 bits per heavy atom. The molecule has 0 saturated carbocycles. The van der Waals surface area contributed by atoms with Crippen molar-refractivity contribution in [1.82, 2.24) is 15.1 Å². The second-order valence-electron chi connectivity index (χ2n) is 8.02. The molecule has 3 aliphatic rings. The van der Waals surface area contributed by atoms with E-state index in [0.717, 1.165) is 25.3 Å². The number of carbonyl (C=O) groups is 2. The molecule has 1 atom stereocenters. The molecular weight excluding hydrogens is 431 g/mol. The van der Waals surface area contributed by atoms with Gasteiger partial charge >= 0.3 is 5.97 Å². The summed E-state index contributed by atoms with van der Waals surface area (Å²) < 4.78 is 19.1. The summed E-state index contributed by atoms with van der Waals surface area (Å²) in [6.45, 7) is 5.36. The molecular formula is C23H27FN4O3S. The number of aliphatic imine (C=N–C) groups is 1. The molecule has 7 nitrogen and oxygen atoms in total. The van der Waals surface area contributed by atoms with Crippen molar-refractivity contribution in [3.63, 3.8) is 0 Å². The molecule has 170 valence electrons. The zero-order valence-electron chi connectivity index (χ0n) is 18.3. The van der Waals surface area contributed by atoms with Gasteiger partial charge < -0.3 is 19.9 Å². The summed E-state index contributed by atoms with van der Waals surface area (Å²) in [4.78, 5) is 34.1. The Bertz CT molecular complexity index is 1000. The third kappa shape index (κ3) is 4.73. The van der Waals surface area contributed by atoms with Gasteiger partial charge in [-0.2, -0.15) is 0 Å². The zero-order chi connectivity index (χ0) is 22.7. The number of nitrogens with one attached hydrogen (secondary N) is 1. The SMILES string of the molecule is COC(=O)C1=C(C)N=C2SC=C(CC(=O)NCCN3CCCC3)N2[C@H]1c1cccc(F)c1. The molecule has 0 bridgehead atoms. The van der Waals surface area contributed by atoms with Gasteiger partial charge in [0.2, 0.25) is 5.91 Å². The van der Waals surface area contributed by atoms with Gasteiger partial charge in [0, 0.05) is 18.8 Å². The van der Waals surface area contributed by atoms with E-state index in [4.69, 9.17) is 4.74 Å². The fourth-order valence-corrected chi connectivity index (χ4v) is 5.28. The van der Waals surface area contributed by atoms with Crippen molar-refractivity contribution in [3.05, 3.63) is 58.0 Å². The molecule has 0 aliphatic carbocycles. The third-order valence-electron chi connectivity index (χ3n) is 5.86. The largest absolute Gasteiger partial charge is 0.466 e. The molecule has 9 heteroatoms. The Morgan fingerprint density at radius 1 is 1.31 bits per heavy atom. The van der Waals surface area contributed by atoms with Crippen molar-refractivity contribution < 1.29 is 18.7 Å². The molecule has 0 aromatic heterocycles. The Labute approximate surface area is 191 Å². The normalized spacial score (nSPS) is 20.7. The number of esters is 1. The fourth-order valence-electron chi connectivity index (χ4n) is 4.32. The number of nitrogens with zero attached hydrogens (tertiary/aromatic N) is 3. The van der Waals surface area contributed by atoms with Gasteiger partial charge in [-0.15, -0.1) is 0 Å². The second-order valence-corrected chi connectivity index (χ2v) is 8.85. The maximum atomic E-state index is 14.1. The molecule has 0 radical (unpaired) electrons. The summed E-state index contributed by atoms with van der Waals surface area (Å²) in [6.07, 6.45) is 2.57. The van der Waals surface area contributed by atoms with Crippen LogP contribution in [0.15, 0.2) is 51.6 Å². The first-order valence-electron chi connectivity index (χ1n) is 10.7. The monoisotopic (exact) mass is 458 g/mol. The Hall–Kier alpha value is -2.65. The highest BCUT2D eigenvalue weighted by atomic mass is 32.2. The number of carbonyl (C=O) groups excluding carboxylic acids is 2. The number of halogens is 1. The van der Waals surface area contributed by atoms with E-state index in [1.807, 2.05) is 10.3 Å². The van der Waals surface area contributed by atoms with E-state index in [2.05, 4.69) is 15.2 Å². The number of amidine groups is 1. The lowest BCUT2D eigenvalue weighted by molar-refractivity contribution is -0.136. The Morgan fingerprint density at radius 2 is 2.09 bits per heavy atom. The topological polar surface area (TPSA) is 74.2 Å². The Balaban J connectivity index is 1.54. The summed E-state index contributed by atoms with van der Waals surface area (Å²) in [5.41, 5.74) is 2.18. The first-order valence-corrected chi connectivity index (χ1v) is 11.6. The molecule has 4 rings (SSSR count). The van der Waals surface area contributed by atoms with E-state index >= 15 is 0 Å². The lowest BCUT2D eigenvalue weighted by Crippen LogP contribution is -2.38. The van der Waals surface area contributed by atoms with Crippen molar-refractivity contribution in [2.45, 2.75) is 32.2 Å². The van der Waals surface area contributed by atoms with Gasteiger partial charge in [0.1, 0.15) is 5.82 Å². The molecule has 1 fully saturated rings. The summed E-state index contributed by atoms with van der Waals surface area (Å²) >= 11 is 1.39. The summed E-state index contributed by atoms with van der Waals surface area (Å²) in [5.74, 6) is -1.02. The molecule has 32 heavy (non-hydrogen) atoms. The number of hydrogen-bond acceptors (Lipinski definition) is 7. The van der Waals surface area contributed by atoms with Crippen LogP contribution in [0.2, 0.25) is 0 Å². The van der Waals surface area contributed by atoms with Crippen LogP contribution in [0, 0.1) is 5.82 Å². The number of allylic oxidation sites excluding steroid dienone is 1. The number of ether oxygens (including phenoxy) is 1. The van der Waals surface area contributed by atoms with E-state index in [9.17, 15) is 14.0 Å². The van der Waals surface area contributed by atoms with Crippen molar-refractivity contribution in [2.75, 3.05) is 33.3 Å². The van der Waals surface area contributed by atoms with Gasteiger partial charge in [-0.3, -0.25) is 4.79 Å². The number of benzene rings is 1. The van der Waals surface area contributed by atoms with Crippen LogP contribution >= 0.6 is 11.8 Å². The highest BCUT2D eigenvalue weighted by Gasteiger charge is 2.41. The molecule has 1 aromatic rings. The maximum Gasteiger partial charge on any atom is 0.338 e. The summed E-state index contributed by atoms with van der Waals surface area (Å²) in [7, 11) is 1.31. The van der Waals surface area contributed by atoms with Gasteiger partial charge in [-0.1, -0.05) is 23.9 Å². The second kappa shape index (κ2) is 9.87. The first-order chi connectivity index (χ1) is 15.5. The highest BCUT2D eigenvalue weighted by molar-refractivity contribution is 8.16. The van der Waals surface area contributed by atoms with Crippen LogP contribution in [0.5, 0.6) is 0 Å². The van der Waals surface area contributed by atoms with Crippen molar-refractivity contribution >= 4 is 28.8 Å². The van der Waals surface area contributed by atoms with E-state index in [0.29, 0.717) is 28.5 Å². The number of fused-ring (bicyclic) bond motifs is 1. The van der Waals surface area contributed by atoms with E-state index in [1.165, 1.54) is 43.8 Å². The van der Waals surface area contributed by atoms with Gasteiger partial charge in [0.25, 0.3) is 0 Å². The van der Waals surface area contributed by atoms with Crippen LogP contribution in [0.3, 0.4) is 0 Å². The third-order valence-corrected chi connectivity index (χ3v) is 6.75. The average Bonchev–Trinajstić information content (AvgIpc) is 3.42. The summed E-state index contributed by atoms with van der Waals surface area (Å²) in [5, 5.41) is 5.52. The molecule has 1 aromatic carbocycles. The van der Waals surface area contributed by atoms with E-state index in [1.54, 1.807) is 19.1 Å². The zero-order valence-corrected chi connectivity index (χ0v) is 19.1.